The number of halogens is 2. The van der Waals surface area contributed by atoms with Crippen molar-refractivity contribution in [3.05, 3.63) is 53.3 Å². The third-order valence-corrected chi connectivity index (χ3v) is 2.47. The average Bonchev–Trinajstić information content (AvgIpc) is 2.20. The second kappa shape index (κ2) is 3.91. The fraction of sp³-hybridized carbons (Fsp3) is 0. The van der Waals surface area contributed by atoms with Crippen LogP contribution in [0.5, 0.6) is 0 Å². The Morgan fingerprint density at radius 2 is 1.67 bits per heavy atom. The minimum Gasteiger partial charge on any atom is -0.399 e. The zero-order valence-corrected chi connectivity index (χ0v) is 8.63. The lowest BCUT2D eigenvalue weighted by Gasteiger charge is -2.04. The molecule has 0 bridgehead atoms. The number of hydrogen-bond acceptors (Lipinski definition) is 1. The van der Waals surface area contributed by atoms with Gasteiger partial charge < -0.3 is 5.73 Å². The molecular formula is C12H9ClFN. The van der Waals surface area contributed by atoms with Crippen LogP contribution in [-0.2, 0) is 0 Å². The van der Waals surface area contributed by atoms with Crippen molar-refractivity contribution in [2.75, 3.05) is 5.73 Å². The molecule has 0 unspecified atom stereocenters. The Bertz CT molecular complexity index is 479. The SMILES string of the molecule is Nc1ccc(-c2ccc(F)cc2Cl)cc1. The third kappa shape index (κ3) is 2.10. The summed E-state index contributed by atoms with van der Waals surface area (Å²) in [4.78, 5) is 0. The van der Waals surface area contributed by atoms with E-state index in [1.807, 2.05) is 12.1 Å². The van der Waals surface area contributed by atoms with E-state index in [2.05, 4.69) is 0 Å². The predicted octanol–water partition coefficient (Wildman–Crippen LogP) is 3.73. The Hall–Kier alpha value is -1.54. The van der Waals surface area contributed by atoms with Crippen LogP contribution in [0.1, 0.15) is 0 Å². The topological polar surface area (TPSA) is 26.0 Å². The first-order chi connectivity index (χ1) is 7.16. The van der Waals surface area contributed by atoms with Crippen molar-refractivity contribution >= 4 is 17.3 Å². The maximum Gasteiger partial charge on any atom is 0.124 e. The van der Waals surface area contributed by atoms with Gasteiger partial charge in [-0.05, 0) is 35.9 Å². The predicted molar refractivity (Wildman–Crippen MR) is 61.3 cm³/mol. The van der Waals surface area contributed by atoms with Gasteiger partial charge in [-0.1, -0.05) is 23.7 Å². The van der Waals surface area contributed by atoms with Gasteiger partial charge in [0.15, 0.2) is 0 Å². The smallest absolute Gasteiger partial charge is 0.124 e. The highest BCUT2D eigenvalue weighted by molar-refractivity contribution is 6.33. The largest absolute Gasteiger partial charge is 0.399 e. The quantitative estimate of drug-likeness (QED) is 0.730. The van der Waals surface area contributed by atoms with Gasteiger partial charge in [-0.25, -0.2) is 4.39 Å². The van der Waals surface area contributed by atoms with E-state index < -0.39 is 0 Å². The molecule has 0 aromatic heterocycles. The highest BCUT2D eigenvalue weighted by Crippen LogP contribution is 2.28. The van der Waals surface area contributed by atoms with E-state index >= 15 is 0 Å². The zero-order valence-electron chi connectivity index (χ0n) is 7.87. The van der Waals surface area contributed by atoms with Gasteiger partial charge in [-0.3, -0.25) is 0 Å². The van der Waals surface area contributed by atoms with Crippen molar-refractivity contribution < 1.29 is 4.39 Å². The molecule has 15 heavy (non-hydrogen) atoms. The van der Waals surface area contributed by atoms with Crippen LogP contribution in [0.15, 0.2) is 42.5 Å². The molecule has 2 rings (SSSR count). The Morgan fingerprint density at radius 1 is 1.00 bits per heavy atom. The lowest BCUT2D eigenvalue weighted by atomic mass is 10.1. The number of benzene rings is 2. The number of rotatable bonds is 1. The molecule has 1 nitrogen and oxygen atoms in total. The molecule has 0 fully saturated rings. The first-order valence-electron chi connectivity index (χ1n) is 4.48. The van der Waals surface area contributed by atoms with E-state index in [1.54, 1.807) is 18.2 Å². The van der Waals surface area contributed by atoms with Gasteiger partial charge in [-0.2, -0.15) is 0 Å². The molecule has 2 N–H and O–H groups in total. The van der Waals surface area contributed by atoms with E-state index in [0.29, 0.717) is 10.7 Å². The van der Waals surface area contributed by atoms with Gasteiger partial charge in [0.2, 0.25) is 0 Å². The van der Waals surface area contributed by atoms with Crippen LogP contribution in [0.2, 0.25) is 5.02 Å². The summed E-state index contributed by atoms with van der Waals surface area (Å²) < 4.78 is 12.8. The van der Waals surface area contributed by atoms with Crippen LogP contribution < -0.4 is 5.73 Å². The minimum atomic E-state index is -0.334. The summed E-state index contributed by atoms with van der Waals surface area (Å²) in [5.74, 6) is -0.334. The number of hydrogen-bond donors (Lipinski definition) is 1. The van der Waals surface area contributed by atoms with Gasteiger partial charge >= 0.3 is 0 Å². The molecule has 76 valence electrons. The maximum atomic E-state index is 12.8. The fourth-order valence-electron chi connectivity index (χ4n) is 1.39. The van der Waals surface area contributed by atoms with Crippen molar-refractivity contribution in [3.63, 3.8) is 0 Å². The van der Waals surface area contributed by atoms with E-state index in [-0.39, 0.29) is 5.82 Å². The Labute approximate surface area is 92.3 Å². The molecular weight excluding hydrogens is 213 g/mol. The van der Waals surface area contributed by atoms with Crippen LogP contribution in [0.25, 0.3) is 11.1 Å². The van der Waals surface area contributed by atoms with Gasteiger partial charge in [0.25, 0.3) is 0 Å². The van der Waals surface area contributed by atoms with E-state index in [1.165, 1.54) is 12.1 Å². The first-order valence-corrected chi connectivity index (χ1v) is 4.85. The average molecular weight is 222 g/mol. The molecule has 2 aromatic rings. The standard InChI is InChI=1S/C12H9ClFN/c13-12-7-9(14)3-6-11(12)8-1-4-10(15)5-2-8/h1-7H,15H2. The van der Waals surface area contributed by atoms with E-state index in [4.69, 9.17) is 17.3 Å². The van der Waals surface area contributed by atoms with Gasteiger partial charge in [0, 0.05) is 11.3 Å². The van der Waals surface area contributed by atoms with Crippen molar-refractivity contribution in [1.82, 2.24) is 0 Å². The third-order valence-electron chi connectivity index (χ3n) is 2.15. The zero-order chi connectivity index (χ0) is 10.8. The van der Waals surface area contributed by atoms with Crippen LogP contribution in [0.3, 0.4) is 0 Å². The summed E-state index contributed by atoms with van der Waals surface area (Å²) in [6.07, 6.45) is 0. The van der Waals surface area contributed by atoms with Crippen molar-refractivity contribution in [3.8, 4) is 11.1 Å². The number of nitrogens with two attached hydrogens (primary N) is 1. The molecule has 0 amide bonds. The van der Waals surface area contributed by atoms with Crippen LogP contribution >= 0.6 is 11.6 Å². The van der Waals surface area contributed by atoms with Crippen LogP contribution in [0.4, 0.5) is 10.1 Å². The fourth-order valence-corrected chi connectivity index (χ4v) is 1.66. The van der Waals surface area contributed by atoms with Crippen molar-refractivity contribution in [2.45, 2.75) is 0 Å². The van der Waals surface area contributed by atoms with E-state index in [0.717, 1.165) is 11.1 Å². The molecule has 0 radical (unpaired) electrons. The molecule has 0 aliphatic carbocycles. The molecule has 0 spiro atoms. The second-order valence-electron chi connectivity index (χ2n) is 3.25. The number of nitrogen functional groups attached to an aromatic ring is 1. The Morgan fingerprint density at radius 3 is 2.27 bits per heavy atom. The molecule has 3 heteroatoms. The van der Waals surface area contributed by atoms with Crippen LogP contribution in [0, 0.1) is 5.82 Å². The van der Waals surface area contributed by atoms with Gasteiger partial charge in [0.1, 0.15) is 5.82 Å². The first kappa shape index (κ1) is 9.99. The highest BCUT2D eigenvalue weighted by atomic mass is 35.5. The normalized spacial score (nSPS) is 10.3. The van der Waals surface area contributed by atoms with Gasteiger partial charge in [0.05, 0.1) is 5.02 Å². The molecule has 0 saturated heterocycles. The molecule has 0 atom stereocenters. The van der Waals surface area contributed by atoms with Gasteiger partial charge in [-0.15, -0.1) is 0 Å². The maximum absolute atomic E-state index is 12.8. The molecule has 0 heterocycles. The summed E-state index contributed by atoms with van der Waals surface area (Å²) in [5, 5.41) is 0.403. The molecule has 2 aromatic carbocycles. The summed E-state index contributed by atoms with van der Waals surface area (Å²) in [6.45, 7) is 0. The highest BCUT2D eigenvalue weighted by Gasteiger charge is 2.03. The minimum absolute atomic E-state index is 0.334. The Balaban J connectivity index is 2.49. The summed E-state index contributed by atoms with van der Waals surface area (Å²) in [5.41, 5.74) is 7.99. The Kier molecular flexibility index (Phi) is 2.60. The molecule has 0 saturated carbocycles. The lowest BCUT2D eigenvalue weighted by molar-refractivity contribution is 0.628. The number of anilines is 1. The second-order valence-corrected chi connectivity index (χ2v) is 3.65. The van der Waals surface area contributed by atoms with E-state index in [9.17, 15) is 4.39 Å². The van der Waals surface area contributed by atoms with Crippen molar-refractivity contribution in [2.24, 2.45) is 0 Å². The summed E-state index contributed by atoms with van der Waals surface area (Å²) in [7, 11) is 0. The molecule has 0 aliphatic rings. The lowest BCUT2D eigenvalue weighted by Crippen LogP contribution is -1.85. The molecule has 0 aliphatic heterocycles. The van der Waals surface area contributed by atoms with Crippen LogP contribution in [-0.4, -0.2) is 0 Å². The summed E-state index contributed by atoms with van der Waals surface area (Å²) >= 11 is 5.93. The summed E-state index contributed by atoms with van der Waals surface area (Å²) in [6, 6.07) is 11.6. The van der Waals surface area contributed by atoms with Crippen molar-refractivity contribution in [1.29, 1.82) is 0 Å². The monoisotopic (exact) mass is 221 g/mol.